The Morgan fingerprint density at radius 1 is 0.143 bits per heavy atom. The summed E-state index contributed by atoms with van der Waals surface area (Å²) in [6.45, 7) is 0. The molecular weight excluding hydrogens is 1480 g/mol. The molecule has 2 nitrogen and oxygen atoms in total. The van der Waals surface area contributed by atoms with E-state index in [1.807, 2.05) is 0 Å². The second kappa shape index (κ2) is 28.6. The van der Waals surface area contributed by atoms with Crippen LogP contribution in [0.5, 0.6) is 0 Å². The molecule has 0 atom stereocenters. The fraction of sp³-hybridized carbons (Fsp3) is 0. The Balaban J connectivity index is 0.000000141. The minimum atomic E-state index is 0.236. The quantitative estimate of drug-likeness (QED) is 0.108. The van der Waals surface area contributed by atoms with E-state index in [0.29, 0.717) is 0 Å². The summed E-state index contributed by atoms with van der Waals surface area (Å²) in [4.78, 5) is 0. The van der Waals surface area contributed by atoms with Crippen LogP contribution in [0.4, 0.5) is 0 Å². The standard InChI is InChI=1S/2C54H35NSe/c1-3-14-36(15-4-1)38-18-11-19-39(30-38)42-31-43(33-44(32-42)46-24-13-25-50-49-23-8-10-27-53(49)56-54(46)50)41-28-29-48-47-22-7-9-26-51(47)55(52(48)35-41)45-21-12-20-40(34-45)37-16-5-2-6-17-37;1-3-13-36(14-4-1)38-25-27-39(28-26-38)42-31-43(33-44(32-42)46-21-12-22-50-49-20-8-10-24-53(49)56-54(46)50)41-29-30-48-47-19-7-9-23-51(47)55(52(48)35-41)45-18-11-17-40(34-45)37-15-5-2-6-16-37/h2*1-35H. The third-order valence-corrected chi connectivity index (χ3v) is 27.5. The molecule has 0 saturated heterocycles. The molecule has 0 amide bonds. The monoisotopic (exact) mass is 1550 g/mol. The van der Waals surface area contributed by atoms with Gasteiger partial charge in [-0.05, 0) is 11.1 Å². The van der Waals surface area contributed by atoms with Crippen LogP contribution in [-0.4, -0.2) is 38.1 Å². The molecule has 0 aliphatic carbocycles. The fourth-order valence-electron chi connectivity index (χ4n) is 16.9. The molecule has 0 saturated carbocycles. The van der Waals surface area contributed by atoms with Crippen molar-refractivity contribution in [3.63, 3.8) is 0 Å². The van der Waals surface area contributed by atoms with Crippen molar-refractivity contribution in [3.05, 3.63) is 425 Å². The number of para-hydroxylation sites is 2. The predicted octanol–water partition coefficient (Wildman–Crippen LogP) is 29.0. The first-order valence-corrected chi connectivity index (χ1v) is 41.8. The number of benzene rings is 18. The Morgan fingerprint density at radius 3 is 0.830 bits per heavy atom. The van der Waals surface area contributed by atoms with Crippen molar-refractivity contribution in [2.24, 2.45) is 0 Å². The van der Waals surface area contributed by atoms with Gasteiger partial charge < -0.3 is 0 Å². The Labute approximate surface area is 662 Å². The van der Waals surface area contributed by atoms with Gasteiger partial charge in [-0.1, -0.05) is 78.9 Å². The van der Waals surface area contributed by atoms with Gasteiger partial charge in [0.05, 0.1) is 0 Å². The van der Waals surface area contributed by atoms with Gasteiger partial charge in [-0.3, -0.25) is 0 Å². The van der Waals surface area contributed by atoms with Gasteiger partial charge >= 0.3 is 578 Å². The number of fused-ring (bicyclic) bond motifs is 12. The zero-order valence-electron chi connectivity index (χ0n) is 61.1. The van der Waals surface area contributed by atoms with Crippen molar-refractivity contribution in [3.8, 4) is 123 Å². The third kappa shape index (κ3) is 12.2. The summed E-state index contributed by atoms with van der Waals surface area (Å²) >= 11 is 0.476. The predicted molar refractivity (Wildman–Crippen MR) is 480 cm³/mol. The average molecular weight is 1550 g/mol. The van der Waals surface area contributed by atoms with Crippen LogP contribution in [0.1, 0.15) is 0 Å². The molecule has 0 radical (unpaired) electrons. The molecule has 4 aromatic heterocycles. The van der Waals surface area contributed by atoms with Crippen molar-refractivity contribution >= 4 is 111 Å². The van der Waals surface area contributed by atoms with Crippen LogP contribution in [0.2, 0.25) is 0 Å². The van der Waals surface area contributed by atoms with Gasteiger partial charge in [0.1, 0.15) is 0 Å². The summed E-state index contributed by atoms with van der Waals surface area (Å²) in [7, 11) is 0. The molecule has 0 unspecified atom stereocenters. The van der Waals surface area contributed by atoms with Crippen LogP contribution in [0.15, 0.2) is 425 Å². The van der Waals surface area contributed by atoms with E-state index in [1.165, 1.54) is 193 Å². The molecule has 4 heteroatoms. The van der Waals surface area contributed by atoms with Crippen LogP contribution >= 0.6 is 0 Å². The van der Waals surface area contributed by atoms with E-state index in [0.717, 1.165) is 11.4 Å². The van der Waals surface area contributed by atoms with Gasteiger partial charge in [-0.25, -0.2) is 0 Å². The molecule has 0 spiro atoms. The topological polar surface area (TPSA) is 9.86 Å². The molecule has 524 valence electrons. The Kier molecular flexibility index (Phi) is 17.0. The maximum atomic E-state index is 2.44. The molecule has 0 N–H and O–H groups in total. The van der Waals surface area contributed by atoms with Crippen LogP contribution in [0.3, 0.4) is 0 Å². The van der Waals surface area contributed by atoms with Gasteiger partial charge in [0.15, 0.2) is 0 Å². The van der Waals surface area contributed by atoms with E-state index in [1.54, 1.807) is 0 Å². The number of hydrogen-bond acceptors (Lipinski definition) is 0. The van der Waals surface area contributed by atoms with Crippen molar-refractivity contribution in [1.82, 2.24) is 9.13 Å². The van der Waals surface area contributed by atoms with E-state index < -0.39 is 0 Å². The number of aromatic nitrogens is 2. The minimum absolute atomic E-state index is 0.236. The summed E-state index contributed by atoms with van der Waals surface area (Å²) in [5.74, 6) is 0. The fourth-order valence-corrected chi connectivity index (χ4v) is 22.1. The van der Waals surface area contributed by atoms with Gasteiger partial charge in [0, 0.05) is 0 Å². The Hall–Kier alpha value is -13.4. The van der Waals surface area contributed by atoms with E-state index in [9.17, 15) is 0 Å². The third-order valence-electron chi connectivity index (χ3n) is 22.4. The van der Waals surface area contributed by atoms with Gasteiger partial charge in [-0.15, -0.1) is 0 Å². The van der Waals surface area contributed by atoms with Crippen LogP contribution in [0.25, 0.3) is 205 Å². The van der Waals surface area contributed by atoms with E-state index >= 15 is 0 Å². The normalized spacial score (nSPS) is 11.6. The molecule has 4 heterocycles. The molecule has 0 aliphatic rings. The molecular formula is C108H70N2Se2. The second-order valence-electron chi connectivity index (χ2n) is 29.1. The molecule has 0 bridgehead atoms. The van der Waals surface area contributed by atoms with E-state index in [4.69, 9.17) is 0 Å². The van der Waals surface area contributed by atoms with Crippen molar-refractivity contribution in [1.29, 1.82) is 0 Å². The molecule has 22 aromatic rings. The maximum absolute atomic E-state index is 2.44. The zero-order chi connectivity index (χ0) is 74.0. The number of rotatable bonds is 12. The second-order valence-corrected chi connectivity index (χ2v) is 33.5. The number of hydrogen-bond donors (Lipinski definition) is 0. The summed E-state index contributed by atoms with van der Waals surface area (Å²) in [5.41, 5.74) is 31.7. The SMILES string of the molecule is c1ccc(-c2ccc(-c3cc(-c4ccc5c6ccccc6n(-c6cccc(-c7ccccc7)c6)c5c4)cc(-c4cccc5c4[se]c4ccccc45)c3)cc2)cc1.c1ccc(-c2cccc(-c3cc(-c4ccc5c6ccccc6n(-c6cccc(-c7ccccc7)c6)c5c4)cc(-c4cccc5c4[se]c4ccccc45)c3)c2)cc1. The van der Waals surface area contributed by atoms with E-state index in [-0.39, 0.29) is 29.0 Å². The first-order valence-electron chi connectivity index (χ1n) is 38.3. The average Bonchev–Trinajstić information content (AvgIpc) is 1.59. The Bertz CT molecular complexity index is 7350. The first kappa shape index (κ1) is 66.8. The van der Waals surface area contributed by atoms with Gasteiger partial charge in [0.2, 0.25) is 0 Å². The summed E-state index contributed by atoms with van der Waals surface area (Å²) in [6, 6.07) is 156. The first-order chi connectivity index (χ1) is 55.5. The zero-order valence-corrected chi connectivity index (χ0v) is 64.6. The molecule has 0 aliphatic heterocycles. The van der Waals surface area contributed by atoms with Gasteiger partial charge in [-0.2, -0.15) is 0 Å². The van der Waals surface area contributed by atoms with Crippen LogP contribution in [0, 0.1) is 0 Å². The molecule has 0 fully saturated rings. The number of nitrogens with zero attached hydrogens (tertiary/aromatic N) is 2. The summed E-state index contributed by atoms with van der Waals surface area (Å²) in [5, 5.41) is 10.5. The molecule has 22 rings (SSSR count). The van der Waals surface area contributed by atoms with E-state index in [2.05, 4.69) is 434 Å². The van der Waals surface area contributed by atoms with Crippen molar-refractivity contribution in [2.75, 3.05) is 0 Å². The van der Waals surface area contributed by atoms with Crippen LogP contribution in [-0.2, 0) is 0 Å². The Morgan fingerprint density at radius 2 is 0.402 bits per heavy atom. The summed E-state index contributed by atoms with van der Waals surface area (Å²) in [6.07, 6.45) is 0. The molecule has 18 aromatic carbocycles. The van der Waals surface area contributed by atoms with Crippen molar-refractivity contribution in [2.45, 2.75) is 0 Å². The molecule has 112 heavy (non-hydrogen) atoms. The van der Waals surface area contributed by atoms with Crippen LogP contribution < -0.4 is 0 Å². The summed E-state index contributed by atoms with van der Waals surface area (Å²) < 4.78 is 10.7. The van der Waals surface area contributed by atoms with Gasteiger partial charge in [0.25, 0.3) is 0 Å². The van der Waals surface area contributed by atoms with Crippen molar-refractivity contribution < 1.29 is 0 Å².